The summed E-state index contributed by atoms with van der Waals surface area (Å²) in [5, 5.41) is 4.71. The number of para-hydroxylation sites is 2. The van der Waals surface area contributed by atoms with Gasteiger partial charge in [0.2, 0.25) is 0 Å². The molecule has 0 saturated carbocycles. The maximum absolute atomic E-state index is 6.18. The Kier molecular flexibility index (Phi) is 8.94. The fourth-order valence-corrected chi connectivity index (χ4v) is 9.44. The van der Waals surface area contributed by atoms with Crippen LogP contribution in [0.3, 0.4) is 0 Å². The molecule has 3 nitrogen and oxygen atoms in total. The standard InChI is InChI=1S/C59H46N2O/c1-39-23-28-46(29-24-39)60(48-17-12-14-42-13-5-8-20-54(42)59(3,4)40(2)35-48)47-30-25-41(26-31-47)43-15-11-16-44(36-43)45-27-33-56-52(37-45)50-18-6-9-21-55(50)61(56)49-32-34-58-53(38-49)51-19-7-10-22-57(51)62-58/h5-13,15-38H,2,14H2,1,3-4H3/b17-12-,48-35+. The molecular weight excluding hydrogens is 753 g/mol. The van der Waals surface area contributed by atoms with E-state index < -0.39 is 0 Å². The van der Waals surface area contributed by atoms with Crippen LogP contribution in [0.2, 0.25) is 0 Å². The second-order valence-electron chi connectivity index (χ2n) is 17.1. The minimum Gasteiger partial charge on any atom is -0.456 e. The van der Waals surface area contributed by atoms with Gasteiger partial charge < -0.3 is 13.9 Å². The summed E-state index contributed by atoms with van der Waals surface area (Å²) in [6.45, 7) is 11.4. The van der Waals surface area contributed by atoms with E-state index in [1.165, 1.54) is 60.8 Å². The predicted molar refractivity (Wildman–Crippen MR) is 262 cm³/mol. The van der Waals surface area contributed by atoms with Crippen LogP contribution in [0.15, 0.2) is 222 Å². The molecule has 62 heavy (non-hydrogen) atoms. The number of hydrogen-bond acceptors (Lipinski definition) is 2. The Labute approximate surface area is 362 Å². The molecule has 11 rings (SSSR count). The van der Waals surface area contributed by atoms with Crippen LogP contribution in [0.25, 0.3) is 71.7 Å². The zero-order valence-corrected chi connectivity index (χ0v) is 35.3. The number of nitrogens with zero attached hydrogens (tertiary/aromatic N) is 2. The number of allylic oxidation sites excluding steroid dienone is 4. The van der Waals surface area contributed by atoms with E-state index in [1.807, 2.05) is 12.1 Å². The highest BCUT2D eigenvalue weighted by Crippen LogP contribution is 2.41. The maximum atomic E-state index is 6.18. The molecule has 0 aliphatic heterocycles. The van der Waals surface area contributed by atoms with Gasteiger partial charge in [0.15, 0.2) is 0 Å². The molecule has 0 saturated heterocycles. The van der Waals surface area contributed by atoms with Crippen molar-refractivity contribution >= 4 is 55.1 Å². The van der Waals surface area contributed by atoms with Gasteiger partial charge in [-0.25, -0.2) is 0 Å². The number of fused-ring (bicyclic) bond motifs is 7. The average molecular weight is 799 g/mol. The van der Waals surface area contributed by atoms with E-state index in [0.717, 1.165) is 56.7 Å². The fourth-order valence-electron chi connectivity index (χ4n) is 9.44. The largest absolute Gasteiger partial charge is 0.456 e. The first-order valence-electron chi connectivity index (χ1n) is 21.5. The quantitative estimate of drug-likeness (QED) is 0.167. The van der Waals surface area contributed by atoms with Crippen LogP contribution in [0.5, 0.6) is 0 Å². The van der Waals surface area contributed by atoms with Crippen molar-refractivity contribution in [2.45, 2.75) is 32.6 Å². The zero-order valence-electron chi connectivity index (χ0n) is 35.3. The highest BCUT2D eigenvalue weighted by atomic mass is 16.3. The van der Waals surface area contributed by atoms with E-state index in [9.17, 15) is 0 Å². The number of anilines is 2. The Morgan fingerprint density at radius 3 is 2.02 bits per heavy atom. The first-order chi connectivity index (χ1) is 30.3. The first-order valence-corrected chi connectivity index (χ1v) is 21.5. The minimum absolute atomic E-state index is 0.228. The molecule has 2 aromatic heterocycles. The molecule has 0 bridgehead atoms. The molecule has 0 N–H and O–H groups in total. The van der Waals surface area contributed by atoms with Crippen molar-refractivity contribution in [1.82, 2.24) is 4.57 Å². The monoisotopic (exact) mass is 798 g/mol. The van der Waals surface area contributed by atoms with Crippen LogP contribution in [0.1, 0.15) is 30.5 Å². The van der Waals surface area contributed by atoms with Crippen molar-refractivity contribution < 1.29 is 4.42 Å². The Balaban J connectivity index is 0.950. The van der Waals surface area contributed by atoms with Crippen molar-refractivity contribution in [3.8, 4) is 27.9 Å². The average Bonchev–Trinajstić information content (AvgIpc) is 3.85. The van der Waals surface area contributed by atoms with Gasteiger partial charge in [-0.1, -0.05) is 141 Å². The van der Waals surface area contributed by atoms with Crippen molar-refractivity contribution in [2.75, 3.05) is 4.90 Å². The number of benzene rings is 8. The molecule has 0 spiro atoms. The molecule has 0 unspecified atom stereocenters. The van der Waals surface area contributed by atoms with Gasteiger partial charge in [-0.3, -0.25) is 0 Å². The van der Waals surface area contributed by atoms with Gasteiger partial charge in [0.05, 0.1) is 11.0 Å². The second-order valence-corrected chi connectivity index (χ2v) is 17.1. The molecule has 0 amide bonds. The third-order valence-electron chi connectivity index (χ3n) is 12.9. The molecule has 0 fully saturated rings. The highest BCUT2D eigenvalue weighted by Gasteiger charge is 2.27. The van der Waals surface area contributed by atoms with Crippen LogP contribution < -0.4 is 4.90 Å². The van der Waals surface area contributed by atoms with E-state index in [0.29, 0.717) is 0 Å². The van der Waals surface area contributed by atoms with E-state index >= 15 is 0 Å². The van der Waals surface area contributed by atoms with Crippen molar-refractivity contribution in [1.29, 1.82) is 0 Å². The number of furan rings is 1. The Morgan fingerprint density at radius 2 is 1.19 bits per heavy atom. The third-order valence-corrected chi connectivity index (χ3v) is 12.9. The lowest BCUT2D eigenvalue weighted by molar-refractivity contribution is 0.634. The van der Waals surface area contributed by atoms with Crippen LogP contribution in [0, 0.1) is 6.92 Å². The van der Waals surface area contributed by atoms with E-state index in [2.05, 4.69) is 225 Å². The van der Waals surface area contributed by atoms with Gasteiger partial charge in [-0.15, -0.1) is 0 Å². The number of hydrogen-bond donors (Lipinski definition) is 0. The number of aryl methyl sites for hydroxylation is 1. The Hall–Kier alpha value is -7.62. The lowest BCUT2D eigenvalue weighted by Gasteiger charge is -2.31. The fraction of sp³-hybridized carbons (Fsp3) is 0.0847. The molecule has 3 heteroatoms. The van der Waals surface area contributed by atoms with E-state index in [4.69, 9.17) is 4.42 Å². The molecule has 10 aromatic rings. The molecule has 298 valence electrons. The van der Waals surface area contributed by atoms with Gasteiger partial charge in [0.1, 0.15) is 11.2 Å². The Morgan fingerprint density at radius 1 is 0.548 bits per heavy atom. The molecule has 2 heterocycles. The summed E-state index contributed by atoms with van der Waals surface area (Å²) in [7, 11) is 0. The first kappa shape index (κ1) is 37.4. The van der Waals surface area contributed by atoms with Crippen LogP contribution >= 0.6 is 0 Å². The van der Waals surface area contributed by atoms with Crippen LogP contribution in [-0.4, -0.2) is 4.57 Å². The lowest BCUT2D eigenvalue weighted by atomic mass is 9.75. The Bertz CT molecular complexity index is 3430. The van der Waals surface area contributed by atoms with Crippen LogP contribution in [-0.2, 0) is 11.8 Å². The minimum atomic E-state index is -0.228. The predicted octanol–water partition coefficient (Wildman–Crippen LogP) is 16.0. The molecule has 0 radical (unpaired) electrons. The molecule has 1 aliphatic carbocycles. The normalized spacial score (nSPS) is 15.2. The van der Waals surface area contributed by atoms with Gasteiger partial charge >= 0.3 is 0 Å². The summed E-state index contributed by atoms with van der Waals surface area (Å²) < 4.78 is 8.56. The number of rotatable bonds is 6. The van der Waals surface area contributed by atoms with E-state index in [1.54, 1.807) is 0 Å². The van der Waals surface area contributed by atoms with Crippen LogP contribution in [0.4, 0.5) is 11.4 Å². The SMILES string of the molecule is C=C1/C=C(N(c2ccc(C)cc2)c2ccc(-c3cccc(-c4ccc5c(c4)c4ccccc4n5-c4ccc5oc6ccccc6c5c4)c3)cc2)\C=C/Cc2ccccc2C1(C)C. The molecular formula is C59H46N2O. The molecule has 0 atom stereocenters. The summed E-state index contributed by atoms with van der Waals surface area (Å²) >= 11 is 0. The summed E-state index contributed by atoms with van der Waals surface area (Å²) in [5.41, 5.74) is 18.0. The van der Waals surface area contributed by atoms with Crippen molar-refractivity contribution in [2.24, 2.45) is 0 Å². The van der Waals surface area contributed by atoms with Crippen molar-refractivity contribution in [3.05, 3.63) is 235 Å². The molecule has 8 aromatic carbocycles. The summed E-state index contributed by atoms with van der Waals surface area (Å²) in [6, 6.07) is 65.9. The maximum Gasteiger partial charge on any atom is 0.135 e. The molecule has 1 aliphatic rings. The van der Waals surface area contributed by atoms with Crippen molar-refractivity contribution in [3.63, 3.8) is 0 Å². The smallest absolute Gasteiger partial charge is 0.135 e. The number of aromatic nitrogens is 1. The third kappa shape index (κ3) is 6.37. The lowest BCUT2D eigenvalue weighted by Crippen LogP contribution is -2.22. The summed E-state index contributed by atoms with van der Waals surface area (Å²) in [5.74, 6) is 0. The van der Waals surface area contributed by atoms with Gasteiger partial charge in [-0.2, -0.15) is 0 Å². The van der Waals surface area contributed by atoms with E-state index in [-0.39, 0.29) is 5.41 Å². The van der Waals surface area contributed by atoms with Gasteiger partial charge in [0.25, 0.3) is 0 Å². The second kappa shape index (κ2) is 14.8. The zero-order chi connectivity index (χ0) is 42.0. The topological polar surface area (TPSA) is 21.3 Å². The van der Waals surface area contributed by atoms with Gasteiger partial charge in [0, 0.05) is 49.7 Å². The summed E-state index contributed by atoms with van der Waals surface area (Å²) in [6.07, 6.45) is 7.67. The highest BCUT2D eigenvalue weighted by molar-refractivity contribution is 6.11. The van der Waals surface area contributed by atoms with Gasteiger partial charge in [-0.05, 0) is 137 Å². The summed E-state index contributed by atoms with van der Waals surface area (Å²) in [4.78, 5) is 2.36.